The molecule has 0 spiro atoms. The molecule has 168 valence electrons. The maximum absolute atomic E-state index is 13.6. The fourth-order valence-corrected chi connectivity index (χ4v) is 4.90. The first-order chi connectivity index (χ1) is 15.9. The average Bonchev–Trinajstić information content (AvgIpc) is 3.66. The van der Waals surface area contributed by atoms with Gasteiger partial charge in [0.1, 0.15) is 5.75 Å². The number of phenols is 1. The number of nitrogens with two attached hydrogens (primary N) is 1. The second kappa shape index (κ2) is 8.07. The molecule has 5 nitrogen and oxygen atoms in total. The Morgan fingerprint density at radius 3 is 2.45 bits per heavy atom. The van der Waals surface area contributed by atoms with Crippen LogP contribution in [0.2, 0.25) is 0 Å². The number of nitrogens with zero attached hydrogens (tertiary/aromatic N) is 2. The van der Waals surface area contributed by atoms with Crippen LogP contribution in [0.1, 0.15) is 54.7 Å². The number of aliphatic imine (C=N–C) groups is 1. The number of hydrogen-bond acceptors (Lipinski definition) is 4. The molecule has 3 N–H and O–H groups in total. The first kappa shape index (κ1) is 21.3. The Morgan fingerprint density at radius 1 is 1.06 bits per heavy atom. The van der Waals surface area contributed by atoms with Crippen molar-refractivity contribution in [1.82, 2.24) is 4.90 Å². The van der Waals surface area contributed by atoms with Gasteiger partial charge in [-0.1, -0.05) is 67.6 Å². The summed E-state index contributed by atoms with van der Waals surface area (Å²) in [6.45, 7) is 2.08. The van der Waals surface area contributed by atoms with Crippen molar-refractivity contribution in [3.63, 3.8) is 0 Å². The Bertz CT molecular complexity index is 1230. The number of phenolic OH excluding ortho intramolecular Hbond substituents is 1. The van der Waals surface area contributed by atoms with Crippen molar-refractivity contribution in [2.75, 3.05) is 7.05 Å². The van der Waals surface area contributed by atoms with E-state index in [1.165, 1.54) is 23.3 Å². The molecule has 0 saturated heterocycles. The number of likely N-dealkylation sites (N-methyl/N-ethyl adjacent to an activating group) is 1. The molecule has 33 heavy (non-hydrogen) atoms. The zero-order chi connectivity index (χ0) is 23.2. The summed E-state index contributed by atoms with van der Waals surface area (Å²) in [6.07, 6.45) is 2.87. The lowest BCUT2D eigenvalue weighted by Gasteiger charge is -2.29. The maximum atomic E-state index is 13.6. The van der Waals surface area contributed by atoms with Crippen LogP contribution in [0.25, 0.3) is 11.1 Å². The third-order valence-electron chi connectivity index (χ3n) is 6.99. The summed E-state index contributed by atoms with van der Waals surface area (Å²) >= 11 is 0. The van der Waals surface area contributed by atoms with Crippen LogP contribution in [0, 0.1) is 0 Å². The number of benzene rings is 3. The van der Waals surface area contributed by atoms with Gasteiger partial charge in [-0.15, -0.1) is 0 Å². The highest BCUT2D eigenvalue weighted by molar-refractivity contribution is 6.07. The number of carbonyl (C=O) groups is 1. The Labute approximate surface area is 194 Å². The van der Waals surface area contributed by atoms with E-state index in [2.05, 4.69) is 36.2 Å². The highest BCUT2D eigenvalue weighted by atomic mass is 16.3. The van der Waals surface area contributed by atoms with Gasteiger partial charge < -0.3 is 10.8 Å². The number of hydrogen-bond donors (Lipinski definition) is 2. The molecule has 0 radical (unpaired) electrons. The van der Waals surface area contributed by atoms with E-state index in [4.69, 9.17) is 5.73 Å². The van der Waals surface area contributed by atoms with E-state index in [0.29, 0.717) is 17.9 Å². The Morgan fingerprint density at radius 2 is 1.79 bits per heavy atom. The molecule has 1 heterocycles. The van der Waals surface area contributed by atoms with Crippen LogP contribution >= 0.6 is 0 Å². The smallest absolute Gasteiger partial charge is 0.261 e. The van der Waals surface area contributed by atoms with E-state index in [0.717, 1.165) is 16.7 Å². The monoisotopic (exact) mass is 439 g/mol. The molecular weight excluding hydrogens is 410 g/mol. The maximum Gasteiger partial charge on any atom is 0.261 e. The quantitative estimate of drug-likeness (QED) is 0.560. The number of aromatic hydroxyl groups is 1. The van der Waals surface area contributed by atoms with Crippen LogP contribution < -0.4 is 5.73 Å². The minimum absolute atomic E-state index is 0.0273. The lowest BCUT2D eigenvalue weighted by Crippen LogP contribution is -2.41. The molecule has 2 aliphatic rings. The fraction of sp³-hybridized carbons (Fsp3) is 0.286. The second-order valence-corrected chi connectivity index (χ2v) is 9.34. The molecule has 5 heteroatoms. The largest absolute Gasteiger partial charge is 0.508 e. The molecule has 5 rings (SSSR count). The summed E-state index contributed by atoms with van der Waals surface area (Å²) in [6, 6.07) is 24.1. The van der Waals surface area contributed by atoms with Crippen LogP contribution in [0.15, 0.2) is 77.8 Å². The summed E-state index contributed by atoms with van der Waals surface area (Å²) in [5.74, 6) is 0.675. The minimum Gasteiger partial charge on any atom is -0.508 e. The molecule has 1 aliphatic carbocycles. The summed E-state index contributed by atoms with van der Waals surface area (Å²) < 4.78 is 0. The highest BCUT2D eigenvalue weighted by Gasteiger charge is 2.50. The van der Waals surface area contributed by atoms with Gasteiger partial charge in [0.15, 0.2) is 11.5 Å². The standard InChI is InChI=1S/C28H29N3O2/c1-18(19-7-4-3-5-8-19)17-28(26(33)31(2)27(29)30-28)24-16-23(13-14-25(24)32)22-10-6-9-21(15-22)20-11-12-20/h3-10,13-16,18,20,32H,11-12,17H2,1-2H3,(H2,29,30). The first-order valence-corrected chi connectivity index (χ1v) is 11.5. The van der Waals surface area contributed by atoms with Gasteiger partial charge >= 0.3 is 0 Å². The number of rotatable bonds is 6. The minimum atomic E-state index is -1.28. The molecule has 1 fully saturated rings. The number of guanidine groups is 1. The molecular formula is C28H29N3O2. The molecule has 3 aromatic carbocycles. The number of carbonyl (C=O) groups excluding carboxylic acids is 1. The SMILES string of the molecule is CC(CC1(c2cc(-c3cccc(C4CC4)c3)ccc2O)N=C(N)N(C)C1=O)c1ccccc1. The molecule has 0 bridgehead atoms. The molecule has 1 saturated carbocycles. The van der Waals surface area contributed by atoms with Crippen molar-refractivity contribution in [2.45, 2.75) is 43.6 Å². The van der Waals surface area contributed by atoms with Gasteiger partial charge in [0.2, 0.25) is 0 Å². The molecule has 1 aliphatic heterocycles. The molecule has 2 unspecified atom stereocenters. The van der Waals surface area contributed by atoms with Crippen molar-refractivity contribution in [3.8, 4) is 16.9 Å². The summed E-state index contributed by atoms with van der Waals surface area (Å²) in [5.41, 5.74) is 9.83. The van der Waals surface area contributed by atoms with Gasteiger partial charge in [0.05, 0.1) is 0 Å². The van der Waals surface area contributed by atoms with Crippen molar-refractivity contribution >= 4 is 11.9 Å². The molecule has 1 amide bonds. The van der Waals surface area contributed by atoms with Crippen molar-refractivity contribution < 1.29 is 9.90 Å². The Hall–Kier alpha value is -3.60. The fourth-order valence-electron chi connectivity index (χ4n) is 4.90. The van der Waals surface area contributed by atoms with Gasteiger partial charge in [0, 0.05) is 12.6 Å². The highest BCUT2D eigenvalue weighted by Crippen LogP contribution is 2.46. The molecule has 0 aromatic heterocycles. The van der Waals surface area contributed by atoms with Gasteiger partial charge in [-0.2, -0.15) is 0 Å². The zero-order valence-corrected chi connectivity index (χ0v) is 19.0. The zero-order valence-electron chi connectivity index (χ0n) is 19.0. The third-order valence-corrected chi connectivity index (χ3v) is 6.99. The lowest BCUT2D eigenvalue weighted by molar-refractivity contribution is -0.131. The van der Waals surface area contributed by atoms with Crippen LogP contribution in [0.3, 0.4) is 0 Å². The summed E-state index contributed by atoms with van der Waals surface area (Å²) in [5, 5.41) is 11.0. The van der Waals surface area contributed by atoms with Gasteiger partial charge in [-0.05, 0) is 65.5 Å². The van der Waals surface area contributed by atoms with E-state index in [1.54, 1.807) is 13.1 Å². The van der Waals surface area contributed by atoms with Crippen molar-refractivity contribution in [1.29, 1.82) is 0 Å². The van der Waals surface area contributed by atoms with Crippen LogP contribution in [0.4, 0.5) is 0 Å². The molecule has 3 aromatic rings. The van der Waals surface area contributed by atoms with E-state index in [-0.39, 0.29) is 23.5 Å². The Balaban J connectivity index is 1.60. The predicted octanol–water partition coefficient (Wildman–Crippen LogP) is 5.11. The lowest BCUT2D eigenvalue weighted by atomic mass is 9.78. The van der Waals surface area contributed by atoms with Gasteiger partial charge in [-0.25, -0.2) is 4.99 Å². The number of amides is 1. The first-order valence-electron chi connectivity index (χ1n) is 11.5. The van der Waals surface area contributed by atoms with Crippen molar-refractivity contribution in [3.05, 3.63) is 89.5 Å². The van der Waals surface area contributed by atoms with Gasteiger partial charge in [-0.3, -0.25) is 9.69 Å². The predicted molar refractivity (Wildman–Crippen MR) is 131 cm³/mol. The summed E-state index contributed by atoms with van der Waals surface area (Å²) in [7, 11) is 1.64. The second-order valence-electron chi connectivity index (χ2n) is 9.34. The van der Waals surface area contributed by atoms with E-state index in [9.17, 15) is 9.90 Å². The summed E-state index contributed by atoms with van der Waals surface area (Å²) in [4.78, 5) is 19.6. The third kappa shape index (κ3) is 3.78. The van der Waals surface area contributed by atoms with E-state index < -0.39 is 5.54 Å². The normalized spacial score (nSPS) is 21.2. The van der Waals surface area contributed by atoms with Crippen LogP contribution in [-0.4, -0.2) is 28.9 Å². The molecule has 2 atom stereocenters. The van der Waals surface area contributed by atoms with Crippen LogP contribution in [-0.2, 0) is 10.3 Å². The van der Waals surface area contributed by atoms with Gasteiger partial charge in [0.25, 0.3) is 5.91 Å². The van der Waals surface area contributed by atoms with Crippen molar-refractivity contribution in [2.24, 2.45) is 10.7 Å². The van der Waals surface area contributed by atoms with Crippen LogP contribution in [0.5, 0.6) is 5.75 Å². The Kier molecular flexibility index (Phi) is 5.20. The van der Waals surface area contributed by atoms with E-state index in [1.807, 2.05) is 42.5 Å². The average molecular weight is 440 g/mol. The topological polar surface area (TPSA) is 78.9 Å². The van der Waals surface area contributed by atoms with E-state index >= 15 is 0 Å².